The lowest BCUT2D eigenvalue weighted by Crippen LogP contribution is -2.35. The molecule has 8 nitrogen and oxygen atoms in total. The molecule has 4 rings (SSSR count). The fourth-order valence-corrected chi connectivity index (χ4v) is 2.91. The minimum absolute atomic E-state index is 0.00537. The summed E-state index contributed by atoms with van der Waals surface area (Å²) in [6.45, 7) is 0.384. The Labute approximate surface area is 179 Å². The Morgan fingerprint density at radius 2 is 1.81 bits per heavy atom. The van der Waals surface area contributed by atoms with Gasteiger partial charge in [0.25, 0.3) is 6.20 Å². The number of aromatic nitrogens is 4. The zero-order chi connectivity index (χ0) is 22.6. The highest BCUT2D eigenvalue weighted by Crippen LogP contribution is 2.30. The quantitative estimate of drug-likeness (QED) is 0.454. The zero-order valence-electron chi connectivity index (χ0n) is 16.4. The first-order valence-electron chi connectivity index (χ1n) is 9.34. The molecule has 0 saturated carbocycles. The van der Waals surface area contributed by atoms with Crippen LogP contribution in [0.15, 0.2) is 77.7 Å². The van der Waals surface area contributed by atoms with E-state index in [1.165, 1.54) is 23.0 Å². The Bertz CT molecular complexity index is 1210. The largest absolute Gasteiger partial charge is 0.416 e. The molecule has 32 heavy (non-hydrogen) atoms. The minimum Gasteiger partial charge on any atom is -0.308 e. The molecule has 0 radical (unpaired) electrons. The maximum atomic E-state index is 12.8. The fraction of sp³-hybridized carbons (Fsp3) is 0.0952. The number of hydrogen-bond donors (Lipinski definition) is 2. The third kappa shape index (κ3) is 5.25. The predicted molar refractivity (Wildman–Crippen MR) is 107 cm³/mol. The Kier molecular flexibility index (Phi) is 5.79. The zero-order valence-corrected chi connectivity index (χ0v) is 16.4. The van der Waals surface area contributed by atoms with E-state index in [0.717, 1.165) is 28.8 Å². The second-order valence-corrected chi connectivity index (χ2v) is 6.75. The molecule has 4 aromatic rings. The summed E-state index contributed by atoms with van der Waals surface area (Å²) in [6, 6.07) is 13.1. The van der Waals surface area contributed by atoms with E-state index >= 15 is 0 Å². The van der Waals surface area contributed by atoms with Gasteiger partial charge in [-0.15, -0.1) is 0 Å². The van der Waals surface area contributed by atoms with Crippen molar-refractivity contribution in [1.29, 1.82) is 0 Å². The fourth-order valence-electron chi connectivity index (χ4n) is 2.91. The molecule has 2 heterocycles. The van der Waals surface area contributed by atoms with Crippen LogP contribution in [-0.2, 0) is 12.7 Å². The number of nitrogens with one attached hydrogen (secondary N) is 2. The average molecular weight is 441 g/mol. The number of anilines is 2. The maximum Gasteiger partial charge on any atom is 0.416 e. The van der Waals surface area contributed by atoms with Crippen molar-refractivity contribution in [2.75, 3.05) is 10.6 Å². The van der Waals surface area contributed by atoms with Crippen LogP contribution in [0, 0.1) is 0 Å². The van der Waals surface area contributed by atoms with E-state index in [-0.39, 0.29) is 11.6 Å². The average Bonchev–Trinajstić information content (AvgIpc) is 3.21. The van der Waals surface area contributed by atoms with E-state index in [4.69, 9.17) is 4.52 Å². The Morgan fingerprint density at radius 1 is 1.00 bits per heavy atom. The Balaban J connectivity index is 1.35. The maximum absolute atomic E-state index is 12.8. The molecule has 11 heteroatoms. The van der Waals surface area contributed by atoms with E-state index < -0.39 is 17.8 Å². The molecule has 2 amide bonds. The van der Waals surface area contributed by atoms with Gasteiger partial charge in [0.05, 0.1) is 18.0 Å². The minimum atomic E-state index is -4.50. The summed E-state index contributed by atoms with van der Waals surface area (Å²) in [5, 5.41) is 16.2. The van der Waals surface area contributed by atoms with Crippen molar-refractivity contribution < 1.29 is 27.2 Å². The van der Waals surface area contributed by atoms with Crippen molar-refractivity contribution in [1.82, 2.24) is 15.5 Å². The first-order valence-corrected chi connectivity index (χ1v) is 9.34. The summed E-state index contributed by atoms with van der Waals surface area (Å²) in [5.41, 5.74) is 2.00. The molecule has 0 atom stereocenters. The number of urea groups is 1. The lowest BCUT2D eigenvalue weighted by molar-refractivity contribution is -0.754. The van der Waals surface area contributed by atoms with Crippen molar-refractivity contribution >= 4 is 17.6 Å². The number of hydrogen-bond acceptors (Lipinski definition) is 5. The van der Waals surface area contributed by atoms with Crippen LogP contribution in [0.2, 0.25) is 0 Å². The molecule has 0 unspecified atom stereocenters. The summed E-state index contributed by atoms with van der Waals surface area (Å²) in [6.07, 6.45) is 0.250. The van der Waals surface area contributed by atoms with Crippen LogP contribution in [0.5, 0.6) is 0 Å². The van der Waals surface area contributed by atoms with Gasteiger partial charge in [0.2, 0.25) is 11.8 Å². The van der Waals surface area contributed by atoms with Crippen LogP contribution in [0.1, 0.15) is 11.1 Å². The monoisotopic (exact) mass is 441 g/mol. The first kappa shape index (κ1) is 21.0. The van der Waals surface area contributed by atoms with Crippen LogP contribution >= 0.6 is 0 Å². The number of alkyl halides is 3. The van der Waals surface area contributed by atoms with Gasteiger partial charge in [-0.1, -0.05) is 30.3 Å². The van der Waals surface area contributed by atoms with Gasteiger partial charge in [0, 0.05) is 16.8 Å². The highest BCUT2D eigenvalue weighted by molar-refractivity contribution is 5.98. The molecular formula is C21H16F3N6O2+. The summed E-state index contributed by atoms with van der Waals surface area (Å²) in [4.78, 5) is 12.1. The van der Waals surface area contributed by atoms with Crippen molar-refractivity contribution in [2.45, 2.75) is 12.7 Å². The van der Waals surface area contributed by atoms with Crippen molar-refractivity contribution in [2.24, 2.45) is 0 Å². The predicted octanol–water partition coefficient (Wildman–Crippen LogP) is 4.13. The Morgan fingerprint density at radius 3 is 2.53 bits per heavy atom. The number of rotatable bonds is 5. The van der Waals surface area contributed by atoms with Crippen molar-refractivity contribution in [3.05, 3.63) is 84.3 Å². The summed E-state index contributed by atoms with van der Waals surface area (Å²) in [7, 11) is 0. The molecule has 0 aliphatic rings. The molecule has 0 spiro atoms. The highest BCUT2D eigenvalue weighted by atomic mass is 19.4. The van der Waals surface area contributed by atoms with Gasteiger partial charge in [-0.25, -0.2) is 4.79 Å². The molecule has 0 saturated heterocycles. The number of carbonyl (C=O) groups is 1. The summed E-state index contributed by atoms with van der Waals surface area (Å²) in [5.74, 6) is 0.0361. The molecule has 0 bridgehead atoms. The Hall–Kier alpha value is -4.28. The van der Waals surface area contributed by atoms with Gasteiger partial charge in [-0.05, 0) is 34.5 Å². The number of amides is 2. The first-order chi connectivity index (χ1) is 15.4. The topological polar surface area (TPSA) is 96.8 Å². The standard InChI is InChI=1S/C21H15F3N6O2/c22-21(23,24)17-2-1-3-18(10-17)27-20(31)28-19-13-30(29-32-19)12-14-4-6-15(7-5-14)16-8-9-25-26-11-16/h1-11,13H,12H2,(H-,27,28,29,31)/p+1. The molecule has 162 valence electrons. The third-order valence-corrected chi connectivity index (χ3v) is 4.41. The third-order valence-electron chi connectivity index (χ3n) is 4.41. The van der Waals surface area contributed by atoms with Crippen LogP contribution in [-0.4, -0.2) is 21.5 Å². The lowest BCUT2D eigenvalue weighted by atomic mass is 10.1. The molecule has 0 aliphatic heterocycles. The van der Waals surface area contributed by atoms with Crippen LogP contribution in [0.25, 0.3) is 11.1 Å². The van der Waals surface area contributed by atoms with E-state index in [1.807, 2.05) is 30.3 Å². The molecular weight excluding hydrogens is 425 g/mol. The van der Waals surface area contributed by atoms with Crippen LogP contribution < -0.4 is 15.3 Å². The molecule has 0 aliphatic carbocycles. The number of carbonyl (C=O) groups excluding carboxylic acids is 1. The van der Waals surface area contributed by atoms with E-state index in [0.29, 0.717) is 6.54 Å². The van der Waals surface area contributed by atoms with E-state index in [2.05, 4.69) is 26.1 Å². The van der Waals surface area contributed by atoms with Gasteiger partial charge in [-0.2, -0.15) is 23.4 Å². The van der Waals surface area contributed by atoms with Gasteiger partial charge in [0.15, 0.2) is 0 Å². The van der Waals surface area contributed by atoms with E-state index in [1.54, 1.807) is 12.4 Å². The normalized spacial score (nSPS) is 11.2. The highest BCUT2D eigenvalue weighted by Gasteiger charge is 2.30. The van der Waals surface area contributed by atoms with E-state index in [9.17, 15) is 18.0 Å². The summed E-state index contributed by atoms with van der Waals surface area (Å²) >= 11 is 0. The van der Waals surface area contributed by atoms with Gasteiger partial charge >= 0.3 is 18.1 Å². The molecule has 0 fully saturated rings. The van der Waals surface area contributed by atoms with Crippen LogP contribution in [0.3, 0.4) is 0 Å². The molecule has 2 aromatic carbocycles. The summed E-state index contributed by atoms with van der Waals surface area (Å²) < 4.78 is 44.9. The number of halogens is 3. The lowest BCUT2D eigenvalue weighted by Gasteiger charge is -2.09. The second kappa shape index (κ2) is 8.84. The number of benzene rings is 2. The second-order valence-electron chi connectivity index (χ2n) is 6.75. The van der Waals surface area contributed by atoms with Gasteiger partial charge < -0.3 is 5.32 Å². The molecule has 2 N–H and O–H groups in total. The number of nitrogens with zero attached hydrogens (tertiary/aromatic N) is 4. The van der Waals surface area contributed by atoms with Crippen molar-refractivity contribution in [3.8, 4) is 11.1 Å². The van der Waals surface area contributed by atoms with Crippen LogP contribution in [0.4, 0.5) is 29.5 Å². The van der Waals surface area contributed by atoms with Gasteiger partial charge in [-0.3, -0.25) is 9.84 Å². The molecule has 2 aromatic heterocycles. The van der Waals surface area contributed by atoms with Gasteiger partial charge in [0.1, 0.15) is 0 Å². The van der Waals surface area contributed by atoms with Crippen molar-refractivity contribution in [3.63, 3.8) is 0 Å². The smallest absolute Gasteiger partial charge is 0.308 e. The SMILES string of the molecule is O=C(Nc1cccc(C(F)(F)F)c1)Nc1c[n+](Cc2ccc(-c3ccnnc3)cc2)no1.